The topological polar surface area (TPSA) is 90.0 Å². The molecule has 0 radical (unpaired) electrons. The minimum Gasteiger partial charge on any atom is -0.493 e. The third kappa shape index (κ3) is 5.70. The number of benzene rings is 3. The second kappa shape index (κ2) is 10.6. The van der Waals surface area contributed by atoms with Crippen LogP contribution in [0.5, 0.6) is 11.5 Å². The summed E-state index contributed by atoms with van der Waals surface area (Å²) in [6.07, 6.45) is 1.49. The van der Waals surface area contributed by atoms with Crippen LogP contribution in [0.2, 0.25) is 10.0 Å². The Balaban J connectivity index is 1.59. The SMILES string of the molecule is COc1ccc(/C=C2\SC(=O)N(Cc3ccc(Cl)c(Cl)c3)C2=O)cc1OS(=O)(=O)c1ccc(C)cc1. The molecule has 4 rings (SSSR count). The molecule has 0 atom stereocenters. The average molecular weight is 564 g/mol. The van der Waals surface area contributed by atoms with E-state index in [1.165, 1.54) is 37.5 Å². The van der Waals surface area contributed by atoms with Gasteiger partial charge in [-0.2, -0.15) is 8.42 Å². The number of aryl methyl sites for hydroxylation is 1. The zero-order valence-corrected chi connectivity index (χ0v) is 22.2. The van der Waals surface area contributed by atoms with Crippen LogP contribution < -0.4 is 8.92 Å². The molecular formula is C25H19Cl2NO6S2. The number of rotatable bonds is 7. The molecule has 186 valence electrons. The van der Waals surface area contributed by atoms with Crippen molar-refractivity contribution in [1.29, 1.82) is 0 Å². The first-order valence-corrected chi connectivity index (χ1v) is 13.4. The van der Waals surface area contributed by atoms with Crippen LogP contribution in [0, 0.1) is 6.92 Å². The molecule has 0 unspecified atom stereocenters. The van der Waals surface area contributed by atoms with Gasteiger partial charge >= 0.3 is 10.1 Å². The van der Waals surface area contributed by atoms with Gasteiger partial charge in [0.2, 0.25) is 0 Å². The fourth-order valence-electron chi connectivity index (χ4n) is 3.33. The Kier molecular flexibility index (Phi) is 7.65. The van der Waals surface area contributed by atoms with Gasteiger partial charge in [-0.15, -0.1) is 0 Å². The third-order valence-electron chi connectivity index (χ3n) is 5.19. The summed E-state index contributed by atoms with van der Waals surface area (Å²) >= 11 is 12.8. The number of methoxy groups -OCH3 is 1. The summed E-state index contributed by atoms with van der Waals surface area (Å²) < 4.78 is 36.1. The van der Waals surface area contributed by atoms with Crippen molar-refractivity contribution in [2.45, 2.75) is 18.4 Å². The number of ether oxygens (including phenoxy) is 1. The molecule has 36 heavy (non-hydrogen) atoms. The van der Waals surface area contributed by atoms with Crippen LogP contribution in [0.15, 0.2) is 70.5 Å². The molecule has 1 saturated heterocycles. The van der Waals surface area contributed by atoms with Crippen molar-refractivity contribution in [3.05, 3.63) is 92.3 Å². The Morgan fingerprint density at radius 1 is 0.944 bits per heavy atom. The van der Waals surface area contributed by atoms with Gasteiger partial charge < -0.3 is 8.92 Å². The number of carbonyl (C=O) groups excluding carboxylic acids is 2. The van der Waals surface area contributed by atoms with Crippen LogP contribution in [0.1, 0.15) is 16.7 Å². The molecule has 1 fully saturated rings. The minimum absolute atomic E-state index is 0.0102. The number of thioether (sulfide) groups is 1. The predicted octanol–water partition coefficient (Wildman–Crippen LogP) is 6.31. The van der Waals surface area contributed by atoms with E-state index in [1.807, 2.05) is 6.92 Å². The van der Waals surface area contributed by atoms with E-state index in [0.29, 0.717) is 21.2 Å². The third-order valence-corrected chi connectivity index (χ3v) is 8.09. The first-order valence-electron chi connectivity index (χ1n) is 10.5. The highest BCUT2D eigenvalue weighted by Gasteiger charge is 2.35. The number of nitrogens with zero attached hydrogens (tertiary/aromatic N) is 1. The van der Waals surface area contributed by atoms with Gasteiger partial charge in [0.05, 0.1) is 28.6 Å². The van der Waals surface area contributed by atoms with Gasteiger partial charge in [0.15, 0.2) is 11.5 Å². The molecular weight excluding hydrogens is 545 g/mol. The molecule has 0 spiro atoms. The van der Waals surface area contributed by atoms with Crippen LogP contribution in [-0.2, 0) is 21.5 Å². The van der Waals surface area contributed by atoms with E-state index >= 15 is 0 Å². The number of imide groups is 1. The second-order valence-corrected chi connectivity index (χ2v) is 11.1. The summed E-state index contributed by atoms with van der Waals surface area (Å²) in [4.78, 5) is 26.7. The van der Waals surface area contributed by atoms with Crippen molar-refractivity contribution in [3.8, 4) is 11.5 Å². The van der Waals surface area contributed by atoms with Gasteiger partial charge in [-0.3, -0.25) is 14.5 Å². The molecule has 0 aliphatic carbocycles. The van der Waals surface area contributed by atoms with E-state index in [4.69, 9.17) is 32.1 Å². The first-order chi connectivity index (χ1) is 17.1. The summed E-state index contributed by atoms with van der Waals surface area (Å²) in [5.74, 6) is -0.348. The average Bonchev–Trinajstić information content (AvgIpc) is 3.09. The number of carbonyl (C=O) groups is 2. The molecule has 3 aromatic rings. The van der Waals surface area contributed by atoms with E-state index in [-0.39, 0.29) is 27.8 Å². The predicted molar refractivity (Wildman–Crippen MR) is 140 cm³/mol. The fourth-order valence-corrected chi connectivity index (χ4v) is 5.42. The normalized spacial score (nSPS) is 15.0. The highest BCUT2D eigenvalue weighted by Crippen LogP contribution is 2.36. The lowest BCUT2D eigenvalue weighted by atomic mass is 10.1. The lowest BCUT2D eigenvalue weighted by Crippen LogP contribution is -2.27. The molecule has 7 nitrogen and oxygen atoms in total. The minimum atomic E-state index is -4.13. The Hall–Kier alpha value is -2.98. The standard InChI is InChI=1S/C25H19Cl2NO6S2/c1-15-3-7-18(8-4-15)36(31,32)34-22-12-16(6-10-21(22)33-2)13-23-24(29)28(25(30)35-23)14-17-5-9-19(26)20(27)11-17/h3-13H,14H2,1-2H3/b23-13-. The molecule has 1 aliphatic rings. The molecule has 1 heterocycles. The Morgan fingerprint density at radius 3 is 2.33 bits per heavy atom. The number of hydrogen-bond donors (Lipinski definition) is 0. The summed E-state index contributed by atoms with van der Waals surface area (Å²) in [7, 11) is -2.75. The lowest BCUT2D eigenvalue weighted by Gasteiger charge is -2.13. The van der Waals surface area contributed by atoms with Crippen LogP contribution in [0.3, 0.4) is 0 Å². The van der Waals surface area contributed by atoms with E-state index in [1.54, 1.807) is 36.4 Å². The summed E-state index contributed by atoms with van der Waals surface area (Å²) in [6.45, 7) is 1.88. The zero-order valence-electron chi connectivity index (χ0n) is 19.0. The molecule has 0 saturated carbocycles. The van der Waals surface area contributed by atoms with Crippen molar-refractivity contribution in [2.75, 3.05) is 7.11 Å². The summed E-state index contributed by atoms with van der Waals surface area (Å²) in [5.41, 5.74) is 2.00. The van der Waals surface area contributed by atoms with Gasteiger partial charge in [0, 0.05) is 0 Å². The maximum absolute atomic E-state index is 12.9. The maximum atomic E-state index is 12.9. The Morgan fingerprint density at radius 2 is 1.67 bits per heavy atom. The van der Waals surface area contributed by atoms with Gasteiger partial charge in [0.1, 0.15) is 4.90 Å². The molecule has 0 N–H and O–H groups in total. The molecule has 0 bridgehead atoms. The van der Waals surface area contributed by atoms with E-state index in [0.717, 1.165) is 22.2 Å². The van der Waals surface area contributed by atoms with E-state index < -0.39 is 21.3 Å². The molecule has 1 aliphatic heterocycles. The molecule has 3 aromatic carbocycles. The second-order valence-electron chi connectivity index (χ2n) is 7.78. The first kappa shape index (κ1) is 26.1. The lowest BCUT2D eigenvalue weighted by molar-refractivity contribution is -0.123. The summed E-state index contributed by atoms with van der Waals surface area (Å²) in [5, 5.41) is 0.253. The van der Waals surface area contributed by atoms with Crippen molar-refractivity contribution >= 4 is 62.3 Å². The van der Waals surface area contributed by atoms with Crippen LogP contribution >= 0.6 is 35.0 Å². The smallest absolute Gasteiger partial charge is 0.339 e. The monoisotopic (exact) mass is 563 g/mol. The number of hydrogen-bond acceptors (Lipinski definition) is 7. The van der Waals surface area contributed by atoms with Gasteiger partial charge in [-0.1, -0.05) is 53.0 Å². The van der Waals surface area contributed by atoms with Crippen LogP contribution in [0.4, 0.5) is 4.79 Å². The quantitative estimate of drug-likeness (QED) is 0.245. The van der Waals surface area contributed by atoms with Gasteiger partial charge in [-0.05, 0) is 72.3 Å². The fraction of sp³-hybridized carbons (Fsp3) is 0.120. The zero-order chi connectivity index (χ0) is 26.0. The van der Waals surface area contributed by atoms with Crippen molar-refractivity contribution in [1.82, 2.24) is 4.90 Å². The highest BCUT2D eigenvalue weighted by molar-refractivity contribution is 8.18. The van der Waals surface area contributed by atoms with Gasteiger partial charge in [-0.25, -0.2) is 0 Å². The van der Waals surface area contributed by atoms with E-state index in [2.05, 4.69) is 0 Å². The largest absolute Gasteiger partial charge is 0.493 e. The van der Waals surface area contributed by atoms with Crippen molar-refractivity contribution in [2.24, 2.45) is 0 Å². The molecule has 2 amide bonds. The summed E-state index contributed by atoms with van der Waals surface area (Å²) in [6, 6.07) is 15.7. The van der Waals surface area contributed by atoms with Crippen molar-refractivity contribution in [3.63, 3.8) is 0 Å². The van der Waals surface area contributed by atoms with E-state index in [9.17, 15) is 18.0 Å². The van der Waals surface area contributed by atoms with Gasteiger partial charge in [0.25, 0.3) is 11.1 Å². The van der Waals surface area contributed by atoms with Crippen molar-refractivity contribution < 1.29 is 26.9 Å². The number of halogens is 2. The Bertz CT molecular complexity index is 1490. The maximum Gasteiger partial charge on any atom is 0.339 e. The van der Waals surface area contributed by atoms with Crippen LogP contribution in [0.25, 0.3) is 6.08 Å². The Labute approximate surface area is 222 Å². The highest BCUT2D eigenvalue weighted by atomic mass is 35.5. The molecule has 0 aromatic heterocycles. The molecule has 11 heteroatoms. The van der Waals surface area contributed by atoms with Crippen LogP contribution in [-0.4, -0.2) is 31.6 Å². The number of amides is 2.